The van der Waals surface area contributed by atoms with Crippen molar-refractivity contribution in [2.75, 3.05) is 19.1 Å². The SMILES string of the molecule is Nc1nc(C(N=O)c2ccc3c(c2)OCO3)c2cc(C(=O)NCC(F)(F)F)sc2n1. The Morgan fingerprint density at radius 1 is 1.27 bits per heavy atom. The van der Waals surface area contributed by atoms with Gasteiger partial charge in [0.1, 0.15) is 11.4 Å². The number of nitrogens with one attached hydrogen (secondary N) is 1. The zero-order valence-electron chi connectivity index (χ0n) is 14.9. The van der Waals surface area contributed by atoms with Crippen molar-refractivity contribution in [1.82, 2.24) is 15.3 Å². The van der Waals surface area contributed by atoms with Crippen LogP contribution in [0.15, 0.2) is 29.4 Å². The zero-order chi connectivity index (χ0) is 21.5. The third kappa shape index (κ3) is 3.83. The smallest absolute Gasteiger partial charge is 0.405 e. The van der Waals surface area contributed by atoms with E-state index in [-0.39, 0.29) is 33.5 Å². The van der Waals surface area contributed by atoms with E-state index in [4.69, 9.17) is 15.2 Å². The molecule has 30 heavy (non-hydrogen) atoms. The van der Waals surface area contributed by atoms with Crippen molar-refractivity contribution in [2.45, 2.75) is 12.2 Å². The summed E-state index contributed by atoms with van der Waals surface area (Å²) in [6.45, 7) is -1.43. The molecule has 13 heteroatoms. The van der Waals surface area contributed by atoms with Gasteiger partial charge >= 0.3 is 6.18 Å². The van der Waals surface area contributed by atoms with E-state index in [0.717, 1.165) is 11.3 Å². The Morgan fingerprint density at radius 3 is 2.77 bits per heavy atom. The first-order valence-corrected chi connectivity index (χ1v) is 9.21. The predicted molar refractivity (Wildman–Crippen MR) is 100 cm³/mol. The number of nitrogen functional groups attached to an aromatic ring is 1. The Bertz CT molecular complexity index is 1150. The lowest BCUT2D eigenvalue weighted by Crippen LogP contribution is -2.33. The van der Waals surface area contributed by atoms with Crippen LogP contribution < -0.4 is 20.5 Å². The fourth-order valence-corrected chi connectivity index (χ4v) is 3.86. The summed E-state index contributed by atoms with van der Waals surface area (Å²) in [6, 6.07) is 4.98. The van der Waals surface area contributed by atoms with Crippen LogP contribution in [0.5, 0.6) is 11.5 Å². The van der Waals surface area contributed by atoms with Gasteiger partial charge in [-0.05, 0) is 23.8 Å². The van der Waals surface area contributed by atoms with E-state index in [1.807, 2.05) is 0 Å². The number of rotatable bonds is 5. The second-order valence-corrected chi connectivity index (χ2v) is 7.25. The number of hydrogen-bond acceptors (Lipinski definition) is 9. The van der Waals surface area contributed by atoms with Crippen LogP contribution in [0.1, 0.15) is 27.0 Å². The molecular weight excluding hydrogens is 427 g/mol. The van der Waals surface area contributed by atoms with E-state index < -0.39 is 24.7 Å². The highest BCUT2D eigenvalue weighted by atomic mass is 32.1. The molecule has 1 aromatic carbocycles. The molecule has 156 valence electrons. The van der Waals surface area contributed by atoms with Gasteiger partial charge in [-0.2, -0.15) is 13.2 Å². The van der Waals surface area contributed by atoms with Gasteiger partial charge in [-0.1, -0.05) is 11.2 Å². The van der Waals surface area contributed by atoms with E-state index >= 15 is 0 Å². The maximum absolute atomic E-state index is 12.4. The molecule has 3 heterocycles. The fraction of sp³-hybridized carbons (Fsp3) is 0.235. The number of thiophene rings is 1. The number of nitrogens with zero attached hydrogens (tertiary/aromatic N) is 3. The molecule has 2 aromatic heterocycles. The van der Waals surface area contributed by atoms with Crippen LogP contribution >= 0.6 is 11.3 Å². The van der Waals surface area contributed by atoms with Crippen LogP contribution in [0.3, 0.4) is 0 Å². The van der Waals surface area contributed by atoms with Gasteiger partial charge < -0.3 is 20.5 Å². The number of nitroso groups, excluding NO2 is 1. The van der Waals surface area contributed by atoms with Gasteiger partial charge in [0.25, 0.3) is 5.91 Å². The van der Waals surface area contributed by atoms with Crippen molar-refractivity contribution in [2.24, 2.45) is 5.18 Å². The maximum atomic E-state index is 12.4. The number of hydrogen-bond donors (Lipinski definition) is 2. The van der Waals surface area contributed by atoms with E-state index in [2.05, 4.69) is 15.1 Å². The van der Waals surface area contributed by atoms with Gasteiger partial charge in [0.05, 0.1) is 10.6 Å². The lowest BCUT2D eigenvalue weighted by atomic mass is 10.0. The standard InChI is InChI=1S/C17H12F3N5O4S/c18-17(19,20)5-22-14(26)11-4-8-13(23-16(21)24-15(8)30-11)12(25-27)7-1-2-9-10(3-7)29-6-28-9/h1-4,12H,5-6H2,(H,22,26)(H2,21,23,24). The molecule has 9 nitrogen and oxygen atoms in total. The van der Waals surface area contributed by atoms with Gasteiger partial charge in [0, 0.05) is 5.39 Å². The van der Waals surface area contributed by atoms with E-state index in [1.54, 1.807) is 23.5 Å². The summed E-state index contributed by atoms with van der Waals surface area (Å²) in [5.74, 6) is -0.165. The number of halogens is 3. The fourth-order valence-electron chi connectivity index (χ4n) is 2.90. The zero-order valence-corrected chi connectivity index (χ0v) is 15.7. The highest BCUT2D eigenvalue weighted by Gasteiger charge is 2.29. The average Bonchev–Trinajstić information content (AvgIpc) is 3.32. The largest absolute Gasteiger partial charge is 0.454 e. The molecule has 0 saturated heterocycles. The predicted octanol–water partition coefficient (Wildman–Crippen LogP) is 3.15. The number of amides is 1. The molecule has 0 radical (unpaired) electrons. The Morgan fingerprint density at radius 2 is 2.03 bits per heavy atom. The third-order valence-corrected chi connectivity index (χ3v) is 5.22. The monoisotopic (exact) mass is 439 g/mol. The Balaban J connectivity index is 1.73. The van der Waals surface area contributed by atoms with Crippen LogP contribution in [0.2, 0.25) is 0 Å². The van der Waals surface area contributed by atoms with Crippen LogP contribution in [0.4, 0.5) is 19.1 Å². The first kappa shape index (κ1) is 19.8. The number of alkyl halides is 3. The van der Waals surface area contributed by atoms with Crippen LogP contribution in [0, 0.1) is 4.91 Å². The van der Waals surface area contributed by atoms with Crippen molar-refractivity contribution >= 4 is 33.4 Å². The number of carbonyl (C=O) groups excluding carboxylic acids is 1. The number of aromatic nitrogens is 2. The summed E-state index contributed by atoms with van der Waals surface area (Å²) in [7, 11) is 0. The quantitative estimate of drug-likeness (QED) is 0.584. The lowest BCUT2D eigenvalue weighted by molar-refractivity contribution is -0.123. The molecule has 0 aliphatic carbocycles. The molecular formula is C17H12F3N5O4S. The normalized spacial score (nSPS) is 14.0. The molecule has 1 aliphatic rings. The number of nitrogens with two attached hydrogens (primary N) is 1. The van der Waals surface area contributed by atoms with Crippen LogP contribution in [-0.4, -0.2) is 35.4 Å². The van der Waals surface area contributed by atoms with Crippen molar-refractivity contribution in [3.63, 3.8) is 0 Å². The van der Waals surface area contributed by atoms with Gasteiger partial charge in [-0.15, -0.1) is 16.2 Å². The van der Waals surface area contributed by atoms with Crippen molar-refractivity contribution < 1.29 is 27.4 Å². The number of fused-ring (bicyclic) bond motifs is 2. The Hall–Kier alpha value is -3.48. The first-order chi connectivity index (χ1) is 14.2. The summed E-state index contributed by atoms with van der Waals surface area (Å²) in [4.78, 5) is 32.1. The molecule has 3 aromatic rings. The number of carbonyl (C=O) groups is 1. The summed E-state index contributed by atoms with van der Waals surface area (Å²) >= 11 is 0.829. The van der Waals surface area contributed by atoms with E-state index in [9.17, 15) is 22.9 Å². The second kappa shape index (κ2) is 7.40. The molecule has 0 fully saturated rings. The molecule has 0 bridgehead atoms. The van der Waals surface area contributed by atoms with Gasteiger partial charge in [0.15, 0.2) is 17.5 Å². The maximum Gasteiger partial charge on any atom is 0.405 e. The molecule has 0 spiro atoms. The number of anilines is 1. The van der Waals surface area contributed by atoms with Gasteiger partial charge in [-0.3, -0.25) is 4.79 Å². The Kier molecular flexibility index (Phi) is 4.89. The minimum atomic E-state index is -4.55. The molecule has 1 atom stereocenters. The highest BCUT2D eigenvalue weighted by Crippen LogP contribution is 2.39. The van der Waals surface area contributed by atoms with Crippen molar-refractivity contribution in [3.05, 3.63) is 45.3 Å². The number of benzene rings is 1. The van der Waals surface area contributed by atoms with E-state index in [1.165, 1.54) is 6.07 Å². The molecule has 1 amide bonds. The van der Waals surface area contributed by atoms with Gasteiger partial charge in [-0.25, -0.2) is 9.97 Å². The average molecular weight is 439 g/mol. The van der Waals surface area contributed by atoms with Crippen molar-refractivity contribution in [1.29, 1.82) is 0 Å². The topological polar surface area (TPSA) is 129 Å². The molecule has 0 saturated carbocycles. The summed E-state index contributed by atoms with van der Waals surface area (Å²) in [5.41, 5.74) is 6.29. The van der Waals surface area contributed by atoms with Gasteiger partial charge in [0.2, 0.25) is 12.7 Å². The molecule has 4 rings (SSSR count). The summed E-state index contributed by atoms with van der Waals surface area (Å²) in [5, 5.41) is 5.21. The molecule has 3 N–H and O–H groups in total. The van der Waals surface area contributed by atoms with Crippen LogP contribution in [-0.2, 0) is 0 Å². The van der Waals surface area contributed by atoms with Crippen LogP contribution in [0.25, 0.3) is 10.2 Å². The summed E-state index contributed by atoms with van der Waals surface area (Å²) < 4.78 is 47.7. The minimum absolute atomic E-state index is 0.0364. The number of ether oxygens (including phenoxy) is 2. The van der Waals surface area contributed by atoms with E-state index in [0.29, 0.717) is 17.1 Å². The van der Waals surface area contributed by atoms with Crippen molar-refractivity contribution in [3.8, 4) is 11.5 Å². The molecule has 1 aliphatic heterocycles. The lowest BCUT2D eigenvalue weighted by Gasteiger charge is -2.11. The molecule has 1 unspecified atom stereocenters. The Labute approximate surface area is 170 Å². The second-order valence-electron chi connectivity index (χ2n) is 6.22. The highest BCUT2D eigenvalue weighted by molar-refractivity contribution is 7.20. The first-order valence-electron chi connectivity index (χ1n) is 8.39. The minimum Gasteiger partial charge on any atom is -0.454 e. The summed E-state index contributed by atoms with van der Waals surface area (Å²) in [6.07, 6.45) is -4.55. The third-order valence-electron chi connectivity index (χ3n) is 4.19.